The summed E-state index contributed by atoms with van der Waals surface area (Å²) < 4.78 is 29.2. The zero-order chi connectivity index (χ0) is 15.2. The third-order valence-electron chi connectivity index (χ3n) is 3.98. The topological polar surface area (TPSA) is 24.5 Å². The maximum absolute atomic E-state index is 12.3. The maximum Gasteiger partial charge on any atom is 0.387 e. The van der Waals surface area contributed by atoms with Crippen LogP contribution in [-0.4, -0.2) is 37.2 Å². The van der Waals surface area contributed by atoms with Crippen LogP contribution in [0.5, 0.6) is 5.75 Å². The molecule has 0 aliphatic carbocycles. The van der Waals surface area contributed by atoms with E-state index in [9.17, 15) is 8.78 Å². The number of benzene rings is 1. The van der Waals surface area contributed by atoms with Gasteiger partial charge in [-0.15, -0.1) is 0 Å². The minimum absolute atomic E-state index is 0.259. The summed E-state index contributed by atoms with van der Waals surface area (Å²) in [7, 11) is 0. The molecule has 0 spiro atoms. The lowest BCUT2D eigenvalue weighted by Gasteiger charge is -2.20. The minimum Gasteiger partial charge on any atom is -0.434 e. The summed E-state index contributed by atoms with van der Waals surface area (Å²) in [6, 6.07) is 7.54. The van der Waals surface area contributed by atoms with Gasteiger partial charge in [-0.05, 0) is 45.3 Å². The lowest BCUT2D eigenvalue weighted by molar-refractivity contribution is -0.0505. The number of halogens is 2. The third-order valence-corrected chi connectivity index (χ3v) is 3.98. The molecule has 5 heteroatoms. The van der Waals surface area contributed by atoms with Crippen molar-refractivity contribution in [2.75, 3.05) is 19.6 Å². The van der Waals surface area contributed by atoms with Crippen LogP contribution in [0.25, 0.3) is 0 Å². The summed E-state index contributed by atoms with van der Waals surface area (Å²) in [5, 5.41) is 3.37. The molecule has 3 nitrogen and oxygen atoms in total. The molecule has 1 unspecified atom stereocenters. The van der Waals surface area contributed by atoms with Gasteiger partial charge in [0.1, 0.15) is 5.75 Å². The zero-order valence-electron chi connectivity index (χ0n) is 12.7. The molecule has 0 amide bonds. The summed E-state index contributed by atoms with van der Waals surface area (Å²) in [4.78, 5) is 2.47. The Morgan fingerprint density at radius 1 is 1.33 bits per heavy atom. The number of hydrogen-bond acceptors (Lipinski definition) is 3. The summed E-state index contributed by atoms with van der Waals surface area (Å²) in [6.07, 6.45) is 1.19. The Hall–Kier alpha value is -1.20. The summed E-state index contributed by atoms with van der Waals surface area (Å²) >= 11 is 0. The van der Waals surface area contributed by atoms with Crippen molar-refractivity contribution in [2.24, 2.45) is 5.92 Å². The molecular formula is C16H24F2N2O. The molecule has 2 rings (SSSR count). The molecule has 0 bridgehead atoms. The van der Waals surface area contributed by atoms with Gasteiger partial charge in [0.25, 0.3) is 0 Å². The van der Waals surface area contributed by atoms with Crippen molar-refractivity contribution in [1.29, 1.82) is 0 Å². The summed E-state index contributed by atoms with van der Waals surface area (Å²) in [5.74, 6) is 0.894. The van der Waals surface area contributed by atoms with Gasteiger partial charge in [0.05, 0.1) is 0 Å². The predicted molar refractivity (Wildman–Crippen MR) is 79.6 cm³/mol. The van der Waals surface area contributed by atoms with Crippen LogP contribution < -0.4 is 10.1 Å². The molecule has 1 saturated heterocycles. The van der Waals surface area contributed by atoms with E-state index in [1.807, 2.05) is 12.1 Å². The first-order valence-electron chi connectivity index (χ1n) is 7.53. The van der Waals surface area contributed by atoms with Crippen LogP contribution in [0.3, 0.4) is 0 Å². The Morgan fingerprint density at radius 2 is 2.10 bits per heavy atom. The first kappa shape index (κ1) is 16.2. The molecule has 1 aromatic rings. The normalized spacial score (nSPS) is 19.6. The molecule has 0 radical (unpaired) electrons. The van der Waals surface area contributed by atoms with E-state index in [0.717, 1.165) is 25.2 Å². The first-order chi connectivity index (χ1) is 10.1. The van der Waals surface area contributed by atoms with Crippen molar-refractivity contribution in [3.05, 3.63) is 29.8 Å². The van der Waals surface area contributed by atoms with Crippen molar-refractivity contribution < 1.29 is 13.5 Å². The van der Waals surface area contributed by atoms with E-state index in [2.05, 4.69) is 28.8 Å². The second-order valence-electron chi connectivity index (χ2n) is 5.86. The number of ether oxygens (including phenoxy) is 1. The van der Waals surface area contributed by atoms with E-state index in [1.165, 1.54) is 6.42 Å². The number of nitrogens with one attached hydrogen (secondary N) is 1. The van der Waals surface area contributed by atoms with E-state index >= 15 is 0 Å². The average molecular weight is 298 g/mol. The number of likely N-dealkylation sites (tertiary alicyclic amines) is 1. The summed E-state index contributed by atoms with van der Waals surface area (Å²) in [6.45, 7) is 5.38. The molecule has 1 aromatic carbocycles. The largest absolute Gasteiger partial charge is 0.434 e. The number of rotatable bonds is 7. The zero-order valence-corrected chi connectivity index (χ0v) is 12.7. The molecule has 0 saturated carbocycles. The van der Waals surface area contributed by atoms with E-state index < -0.39 is 6.61 Å². The van der Waals surface area contributed by atoms with E-state index in [4.69, 9.17) is 0 Å². The fourth-order valence-electron chi connectivity index (χ4n) is 2.77. The molecule has 0 aromatic heterocycles. The Bertz CT molecular complexity index is 440. The van der Waals surface area contributed by atoms with Crippen LogP contribution in [0.4, 0.5) is 8.78 Å². The van der Waals surface area contributed by atoms with Crippen LogP contribution in [0, 0.1) is 5.92 Å². The fourth-order valence-corrected chi connectivity index (χ4v) is 2.77. The van der Waals surface area contributed by atoms with Crippen molar-refractivity contribution in [3.63, 3.8) is 0 Å². The lowest BCUT2D eigenvalue weighted by Crippen LogP contribution is -2.30. The van der Waals surface area contributed by atoms with Gasteiger partial charge in [-0.2, -0.15) is 8.78 Å². The minimum atomic E-state index is -2.78. The third kappa shape index (κ3) is 4.93. The Kier molecular flexibility index (Phi) is 5.94. The van der Waals surface area contributed by atoms with Crippen LogP contribution >= 0.6 is 0 Å². The number of hydrogen-bond donors (Lipinski definition) is 1. The van der Waals surface area contributed by atoms with Crippen LogP contribution in [0.2, 0.25) is 0 Å². The molecule has 1 aliphatic heterocycles. The molecule has 1 aliphatic rings. The average Bonchev–Trinajstić information content (AvgIpc) is 2.89. The lowest BCUT2D eigenvalue weighted by atomic mass is 10.1. The van der Waals surface area contributed by atoms with E-state index in [-0.39, 0.29) is 5.75 Å². The van der Waals surface area contributed by atoms with Gasteiger partial charge >= 0.3 is 6.61 Å². The van der Waals surface area contributed by atoms with E-state index in [1.54, 1.807) is 12.1 Å². The van der Waals surface area contributed by atoms with Crippen molar-refractivity contribution in [2.45, 2.75) is 39.5 Å². The van der Waals surface area contributed by atoms with E-state index in [0.29, 0.717) is 18.5 Å². The van der Waals surface area contributed by atoms with Gasteiger partial charge in [-0.25, -0.2) is 0 Å². The van der Waals surface area contributed by atoms with Crippen molar-refractivity contribution in [1.82, 2.24) is 10.2 Å². The quantitative estimate of drug-likeness (QED) is 0.837. The van der Waals surface area contributed by atoms with Gasteiger partial charge in [-0.1, -0.05) is 18.2 Å². The van der Waals surface area contributed by atoms with Gasteiger partial charge in [0.15, 0.2) is 0 Å². The highest BCUT2D eigenvalue weighted by atomic mass is 19.3. The van der Waals surface area contributed by atoms with Crippen molar-refractivity contribution >= 4 is 0 Å². The van der Waals surface area contributed by atoms with Gasteiger partial charge < -0.3 is 15.0 Å². The molecule has 1 N–H and O–H groups in total. The van der Waals surface area contributed by atoms with Crippen LogP contribution in [0.1, 0.15) is 25.8 Å². The molecule has 1 fully saturated rings. The Morgan fingerprint density at radius 3 is 2.76 bits per heavy atom. The Labute approximate surface area is 125 Å². The maximum atomic E-state index is 12.3. The number of para-hydroxylation sites is 1. The second-order valence-corrected chi connectivity index (χ2v) is 5.86. The highest BCUT2D eigenvalue weighted by Gasteiger charge is 2.23. The molecular weight excluding hydrogens is 274 g/mol. The molecule has 1 heterocycles. The monoisotopic (exact) mass is 298 g/mol. The van der Waals surface area contributed by atoms with Crippen LogP contribution in [0.15, 0.2) is 24.3 Å². The molecule has 1 atom stereocenters. The fraction of sp³-hybridized carbons (Fsp3) is 0.625. The predicted octanol–water partition coefficient (Wildman–Crippen LogP) is 3.11. The molecule has 21 heavy (non-hydrogen) atoms. The van der Waals surface area contributed by atoms with Crippen molar-refractivity contribution in [3.8, 4) is 5.75 Å². The number of alkyl halides is 2. The summed E-state index contributed by atoms with van der Waals surface area (Å²) in [5.41, 5.74) is 0.775. The van der Waals surface area contributed by atoms with Gasteiger partial charge in [0.2, 0.25) is 0 Å². The first-order valence-corrected chi connectivity index (χ1v) is 7.53. The highest BCUT2D eigenvalue weighted by molar-refractivity contribution is 5.33. The Balaban J connectivity index is 1.79. The second kappa shape index (κ2) is 7.71. The number of nitrogens with zero attached hydrogens (tertiary/aromatic N) is 1. The standard InChI is InChI=1S/C16H24F2N2O/c1-12(2)20-8-7-13(11-20)9-19-10-14-5-3-4-6-15(14)21-16(17)18/h3-6,12-13,16,19H,7-11H2,1-2H3. The molecule has 118 valence electrons. The van der Waals surface area contributed by atoms with Gasteiger partial charge in [0, 0.05) is 24.7 Å². The smallest absolute Gasteiger partial charge is 0.387 e. The highest BCUT2D eigenvalue weighted by Crippen LogP contribution is 2.21. The van der Waals surface area contributed by atoms with Crippen LogP contribution in [-0.2, 0) is 6.54 Å². The SMILES string of the molecule is CC(C)N1CCC(CNCc2ccccc2OC(F)F)C1. The van der Waals surface area contributed by atoms with Gasteiger partial charge in [-0.3, -0.25) is 0 Å².